The summed E-state index contributed by atoms with van der Waals surface area (Å²) in [6.07, 6.45) is 5.02. The van der Waals surface area contributed by atoms with Gasteiger partial charge in [0.25, 0.3) is 0 Å². The molecule has 0 aliphatic rings. The number of thiazole rings is 4. The second-order valence-electron chi connectivity index (χ2n) is 14.2. The first-order valence-electron chi connectivity index (χ1n) is 23.7. The number of carbonyl (C=O) groups is 3. The molecule has 0 amide bonds. The summed E-state index contributed by atoms with van der Waals surface area (Å²) in [4.78, 5) is 68.1. The van der Waals surface area contributed by atoms with Gasteiger partial charge in [0.05, 0.1) is 40.6 Å². The zero-order valence-electron chi connectivity index (χ0n) is 46.4. The molecule has 0 unspecified atom stereocenters. The van der Waals surface area contributed by atoms with Crippen LogP contribution in [0.5, 0.6) is 0 Å². The normalized spacial score (nSPS) is 9.30. The van der Waals surface area contributed by atoms with E-state index in [0.29, 0.717) is 22.6 Å². The molecule has 5 heterocycles. The van der Waals surface area contributed by atoms with Gasteiger partial charge in [0.1, 0.15) is 10.7 Å². The minimum absolute atomic E-state index is 0.0279. The fraction of sp³-hybridized carbons (Fsp3) is 0.370. The van der Waals surface area contributed by atoms with Gasteiger partial charge in [0, 0.05) is 71.6 Å². The number of para-hydroxylation sites is 2. The lowest BCUT2D eigenvalue weighted by Gasteiger charge is -2.04. The van der Waals surface area contributed by atoms with Crippen LogP contribution in [0, 0.1) is 55.4 Å². The van der Waals surface area contributed by atoms with Crippen LogP contribution in [0.1, 0.15) is 124 Å². The van der Waals surface area contributed by atoms with Crippen molar-refractivity contribution in [2.45, 2.75) is 118 Å². The second kappa shape index (κ2) is 40.0. The van der Waals surface area contributed by atoms with Crippen LogP contribution in [0.4, 0.5) is 17.3 Å². The molecule has 7 aromatic rings. The monoisotopic (exact) mass is 1070 g/mol. The van der Waals surface area contributed by atoms with Crippen molar-refractivity contribution in [1.82, 2.24) is 34.8 Å². The summed E-state index contributed by atoms with van der Waals surface area (Å²) in [5, 5.41) is 5.31. The molecule has 73 heavy (non-hydrogen) atoms. The van der Waals surface area contributed by atoms with E-state index in [1.165, 1.54) is 52.4 Å². The summed E-state index contributed by atoms with van der Waals surface area (Å²) in [7, 11) is 3.75. The average Bonchev–Trinajstić information content (AvgIpc) is 4.13. The molecule has 398 valence electrons. The number of hydrogen-bond acceptors (Lipinski definition) is 17. The molecular formula is C54H79N11O4S4. The van der Waals surface area contributed by atoms with E-state index in [-0.39, 0.29) is 23.5 Å². The maximum absolute atomic E-state index is 11.5. The van der Waals surface area contributed by atoms with Crippen LogP contribution in [0.15, 0.2) is 95.7 Å². The number of Topliss-reactive ketones (excluding diaryl/α,β-unsaturated/α-hetero) is 1. The third-order valence-corrected chi connectivity index (χ3v) is 12.6. The fourth-order valence-corrected chi connectivity index (χ4v) is 7.60. The molecule has 7 rings (SSSR count). The quantitative estimate of drug-likeness (QED) is 0.0403. The number of ketones is 2. The number of nitrogens with two attached hydrogens (primary N) is 2. The van der Waals surface area contributed by atoms with E-state index in [1.54, 1.807) is 42.0 Å². The van der Waals surface area contributed by atoms with Crippen molar-refractivity contribution >= 4 is 86.2 Å². The van der Waals surface area contributed by atoms with Crippen molar-refractivity contribution < 1.29 is 19.1 Å². The van der Waals surface area contributed by atoms with Crippen molar-refractivity contribution in [3.8, 4) is 10.7 Å². The smallest absolute Gasteiger partial charge is 0.302 e. The Balaban J connectivity index is 0. The van der Waals surface area contributed by atoms with Gasteiger partial charge in [0.2, 0.25) is 11.7 Å². The van der Waals surface area contributed by atoms with Gasteiger partial charge in [-0.3, -0.25) is 14.4 Å². The molecule has 2 aromatic carbocycles. The molecule has 0 saturated carbocycles. The standard InChI is InChI=1S/C15H14N4S.C10H14N2OS.C7H9N3.C7H9NOS.C5H7NS.C4H8O2.3C2H6/c1-10-11(2)20-14(17-10)13-8-9-16-15(19-13)18-12-6-4-3-5-7-12;1-7-8(2)14-10(11-7)9(13)5-6-12(3)4;8-7(9)10-6-4-2-1-3-5-6;1-4-6(3)10-7(8-4)5(2)9;1-4-5(2)7-3-6-4;1-3-6-4(2)5;3*1-2/h3-9H,1-2H3,(H,16,18,19);5-6H,1-4H3;1-5H,(H4,8,9,10);1-3H3;3H,1-2H3;3H2,1-2H3;3*1-2H3. The molecule has 0 atom stereocenters. The minimum atomic E-state index is -0.211. The minimum Gasteiger partial charge on any atom is -0.466 e. The summed E-state index contributed by atoms with van der Waals surface area (Å²) in [6, 6.07) is 21.1. The van der Waals surface area contributed by atoms with E-state index in [4.69, 9.17) is 11.5 Å². The number of benzene rings is 2. The predicted molar refractivity (Wildman–Crippen MR) is 313 cm³/mol. The summed E-state index contributed by atoms with van der Waals surface area (Å²) >= 11 is 6.25. The van der Waals surface area contributed by atoms with Crippen LogP contribution in [0.25, 0.3) is 10.7 Å². The zero-order valence-corrected chi connectivity index (χ0v) is 49.6. The van der Waals surface area contributed by atoms with Crippen LogP contribution in [0.2, 0.25) is 0 Å². The molecule has 5 aromatic heterocycles. The third kappa shape index (κ3) is 30.2. The van der Waals surface area contributed by atoms with Gasteiger partial charge in [-0.15, -0.1) is 45.3 Å². The molecular weight excluding hydrogens is 995 g/mol. The maximum atomic E-state index is 11.5. The summed E-state index contributed by atoms with van der Waals surface area (Å²) in [6.45, 7) is 33.1. The Morgan fingerprint density at radius 1 is 0.658 bits per heavy atom. The van der Waals surface area contributed by atoms with Gasteiger partial charge in [-0.1, -0.05) is 77.9 Å². The number of aryl methyl sites for hydroxylation is 8. The van der Waals surface area contributed by atoms with E-state index in [9.17, 15) is 14.4 Å². The molecule has 0 fully saturated rings. The number of esters is 1. The largest absolute Gasteiger partial charge is 0.466 e. The van der Waals surface area contributed by atoms with Gasteiger partial charge >= 0.3 is 5.97 Å². The Hall–Kier alpha value is -6.54. The van der Waals surface area contributed by atoms with Crippen LogP contribution in [0.3, 0.4) is 0 Å². The molecule has 0 bridgehead atoms. The second-order valence-corrected chi connectivity index (χ2v) is 18.9. The summed E-state index contributed by atoms with van der Waals surface area (Å²) in [5.74, 6) is 0.490. The van der Waals surface area contributed by atoms with E-state index < -0.39 is 0 Å². The maximum Gasteiger partial charge on any atom is 0.302 e. The Morgan fingerprint density at radius 3 is 1.52 bits per heavy atom. The SMILES string of the molecule is CC.CC.CC.CC(=O)c1nc(C)c(C)s1.CCOC(C)=O.Cc1nc(-c2ccnc(Nc3ccccc3)n2)sc1C.Cc1nc(C(=O)C=CN(C)C)sc1C.Cc1ncsc1C.NC(N)=Nc1ccccc1. The zero-order chi connectivity index (χ0) is 56.1. The van der Waals surface area contributed by atoms with Gasteiger partial charge < -0.3 is 26.4 Å². The number of allylic oxidation sites excluding steroid dienone is 1. The number of aliphatic imine (C=N–C) groups is 1. The van der Waals surface area contributed by atoms with E-state index in [1.807, 2.05) is 174 Å². The molecule has 0 aliphatic heterocycles. The van der Waals surface area contributed by atoms with Crippen molar-refractivity contribution in [3.63, 3.8) is 0 Å². The molecule has 5 N–H and O–H groups in total. The molecule has 0 aliphatic carbocycles. The number of carbonyl (C=O) groups excluding carboxylic acids is 3. The van der Waals surface area contributed by atoms with Crippen molar-refractivity contribution in [3.05, 3.63) is 143 Å². The van der Waals surface area contributed by atoms with Gasteiger partial charge in [-0.25, -0.2) is 34.9 Å². The number of ether oxygens (including phenoxy) is 1. The molecule has 19 heteroatoms. The summed E-state index contributed by atoms with van der Waals surface area (Å²) in [5.41, 5.74) is 18.9. The number of aromatic nitrogens is 6. The Morgan fingerprint density at radius 2 is 1.16 bits per heavy atom. The van der Waals surface area contributed by atoms with Gasteiger partial charge in [0.15, 0.2) is 21.8 Å². The lowest BCUT2D eigenvalue weighted by molar-refractivity contribution is -0.140. The van der Waals surface area contributed by atoms with Gasteiger partial charge in [-0.05, 0) is 92.6 Å². The van der Waals surface area contributed by atoms with Crippen molar-refractivity contribution in [1.29, 1.82) is 0 Å². The number of rotatable bonds is 9. The van der Waals surface area contributed by atoms with E-state index in [0.717, 1.165) is 54.6 Å². The predicted octanol–water partition coefficient (Wildman–Crippen LogP) is 13.9. The lowest BCUT2D eigenvalue weighted by atomic mass is 10.3. The Labute approximate surface area is 451 Å². The molecule has 0 radical (unpaired) electrons. The van der Waals surface area contributed by atoms with Crippen LogP contribution in [-0.4, -0.2) is 79.0 Å². The Kier molecular flexibility index (Phi) is 37.6. The highest BCUT2D eigenvalue weighted by atomic mass is 32.1. The molecule has 0 saturated heterocycles. The van der Waals surface area contributed by atoms with E-state index in [2.05, 4.69) is 58.8 Å². The molecule has 0 spiro atoms. The lowest BCUT2D eigenvalue weighted by Crippen LogP contribution is -2.21. The first-order valence-corrected chi connectivity index (χ1v) is 27.1. The number of guanidine groups is 1. The highest BCUT2D eigenvalue weighted by Gasteiger charge is 2.10. The first kappa shape index (κ1) is 68.5. The summed E-state index contributed by atoms with van der Waals surface area (Å²) < 4.78 is 4.40. The Bertz CT molecular complexity index is 2580. The van der Waals surface area contributed by atoms with Crippen LogP contribution >= 0.6 is 45.3 Å². The van der Waals surface area contributed by atoms with Crippen molar-refractivity contribution in [2.75, 3.05) is 26.0 Å². The average molecular weight is 1070 g/mol. The molecule has 15 nitrogen and oxygen atoms in total. The highest BCUT2D eigenvalue weighted by molar-refractivity contribution is 7.15. The van der Waals surface area contributed by atoms with E-state index >= 15 is 0 Å². The third-order valence-electron chi connectivity index (χ3n) is 8.37. The number of nitrogens with one attached hydrogen (secondary N) is 1. The number of anilines is 2. The first-order chi connectivity index (χ1) is 34.7. The van der Waals surface area contributed by atoms with Gasteiger partial charge in [-0.2, -0.15) is 0 Å². The number of nitrogens with zero attached hydrogens (tertiary/aromatic N) is 8. The number of hydrogen-bond donors (Lipinski definition) is 3. The van der Waals surface area contributed by atoms with Crippen LogP contribution in [-0.2, 0) is 9.53 Å². The topological polar surface area (TPSA) is 217 Å². The van der Waals surface area contributed by atoms with Crippen LogP contribution < -0.4 is 16.8 Å². The van der Waals surface area contributed by atoms with Crippen molar-refractivity contribution in [2.24, 2.45) is 16.5 Å². The fourth-order valence-electron chi connectivity index (χ4n) is 4.48. The highest BCUT2D eigenvalue weighted by Crippen LogP contribution is 2.26.